The molecule has 0 amide bonds. The Bertz CT molecular complexity index is 2800. The maximum atomic E-state index is 12.4. The number of nitro benzene ring substituents is 2. The molecule has 10 heteroatoms. The van der Waals surface area contributed by atoms with Crippen LogP contribution in [0.1, 0.15) is 261 Å². The van der Waals surface area contributed by atoms with Crippen molar-refractivity contribution in [2.75, 3.05) is 5.73 Å². The molecule has 3 aromatic rings. The van der Waals surface area contributed by atoms with Crippen molar-refractivity contribution in [1.82, 2.24) is 0 Å². The zero-order valence-corrected chi connectivity index (χ0v) is 49.6. The quantitative estimate of drug-likeness (QED) is 0.0245. The standard InChI is InChI=1S/2C24H29NO3.C24H31NO/c2*1-2-3-4-5-6-7-8-12-15-24(26)22-17-16-21(23(19-22)25(27)28)18-20-13-10-9-11-14-20;1-2-3-4-5-6-7-8-12-15-24(26)22-17-16-21(23(25)19-22)18-20-13-10-9-11-14-20/h2*16-17,19-20H,2-4,9-15,18H2,1H3;16-17,19-20H,2-4,9-15,18,25H2,1H3. The predicted molar refractivity (Wildman–Crippen MR) is 334 cm³/mol. The van der Waals surface area contributed by atoms with E-state index in [1.54, 1.807) is 24.3 Å². The molecular weight excluding hydrogens is 1020 g/mol. The number of nitro groups is 2. The van der Waals surface area contributed by atoms with Gasteiger partial charge in [-0.2, -0.15) is 0 Å². The number of ketones is 3. The number of nitrogens with zero attached hydrogens (tertiary/aromatic N) is 2. The van der Waals surface area contributed by atoms with Gasteiger partial charge in [-0.25, -0.2) is 0 Å². The van der Waals surface area contributed by atoms with E-state index in [0.717, 1.165) is 125 Å². The van der Waals surface area contributed by atoms with Crippen LogP contribution in [0.15, 0.2) is 54.6 Å². The number of hydrogen-bond acceptors (Lipinski definition) is 8. The molecule has 434 valence electrons. The van der Waals surface area contributed by atoms with E-state index in [0.29, 0.717) is 54.2 Å². The van der Waals surface area contributed by atoms with Crippen molar-refractivity contribution in [1.29, 1.82) is 0 Å². The normalized spacial score (nSPS) is 13.8. The summed E-state index contributed by atoms with van der Waals surface area (Å²) in [6.45, 7) is 6.38. The van der Waals surface area contributed by atoms with Gasteiger partial charge in [0.15, 0.2) is 17.3 Å². The minimum absolute atomic E-state index is 0.0734. The molecule has 0 unspecified atom stereocenters. The first-order valence-corrected chi connectivity index (χ1v) is 30.8. The van der Waals surface area contributed by atoms with Crippen LogP contribution in [0.25, 0.3) is 0 Å². The van der Waals surface area contributed by atoms with Crippen LogP contribution in [0.3, 0.4) is 0 Å². The van der Waals surface area contributed by atoms with Crippen LogP contribution in [-0.2, 0) is 19.3 Å². The van der Waals surface area contributed by atoms with Crippen molar-refractivity contribution in [2.24, 2.45) is 17.8 Å². The van der Waals surface area contributed by atoms with Crippen molar-refractivity contribution in [3.63, 3.8) is 0 Å². The Hall–Kier alpha value is -7.37. The highest BCUT2D eigenvalue weighted by molar-refractivity contribution is 5.98. The Morgan fingerprint density at radius 3 is 1.00 bits per heavy atom. The SMILES string of the molecule is CCCCC#CC#CCCC(=O)c1ccc(CC2CCCCC2)c(N)c1.CCCCC#CC#CCCC(=O)c1ccc(CC2CCCCC2)c([N+](=O)[O-])c1.CCCCC#CC#CCCC(=O)c1ccc(CC2CCCCC2)c([N+](=O)[O-])c1. The number of unbranched alkanes of at least 4 members (excludes halogenated alkanes) is 6. The van der Waals surface area contributed by atoms with Gasteiger partial charge in [0.25, 0.3) is 11.4 Å². The lowest BCUT2D eigenvalue weighted by Crippen LogP contribution is -2.11. The van der Waals surface area contributed by atoms with Crippen molar-refractivity contribution >= 4 is 34.4 Å². The molecule has 0 heterocycles. The lowest BCUT2D eigenvalue weighted by Gasteiger charge is -2.22. The van der Waals surface area contributed by atoms with E-state index in [1.165, 1.54) is 88.3 Å². The van der Waals surface area contributed by atoms with Gasteiger partial charge < -0.3 is 5.73 Å². The van der Waals surface area contributed by atoms with Gasteiger partial charge in [-0.3, -0.25) is 34.6 Å². The fraction of sp³-hybridized carbons (Fsp3) is 0.542. The minimum atomic E-state index is -0.360. The highest BCUT2D eigenvalue weighted by Gasteiger charge is 2.24. The zero-order chi connectivity index (χ0) is 59.0. The summed E-state index contributed by atoms with van der Waals surface area (Å²) in [5.74, 6) is 36.2. The van der Waals surface area contributed by atoms with Gasteiger partial charge >= 0.3 is 0 Å². The van der Waals surface area contributed by atoms with Gasteiger partial charge in [-0.05, 0) is 103 Å². The summed E-state index contributed by atoms with van der Waals surface area (Å²) in [5, 5.41) is 23.0. The minimum Gasteiger partial charge on any atom is -0.398 e. The molecule has 3 aliphatic rings. The van der Waals surface area contributed by atoms with Crippen LogP contribution in [0.5, 0.6) is 0 Å². The molecule has 2 N–H and O–H groups in total. The molecule has 0 aliphatic heterocycles. The van der Waals surface area contributed by atoms with Crippen molar-refractivity contribution in [3.8, 4) is 71.0 Å². The third-order valence-corrected chi connectivity index (χ3v) is 15.5. The molecule has 3 aromatic carbocycles. The van der Waals surface area contributed by atoms with Gasteiger partial charge in [0, 0.05) is 103 Å². The lowest BCUT2D eigenvalue weighted by molar-refractivity contribution is -0.385. The van der Waals surface area contributed by atoms with Gasteiger partial charge in [-0.15, -0.1) is 0 Å². The van der Waals surface area contributed by atoms with E-state index in [9.17, 15) is 34.6 Å². The maximum absolute atomic E-state index is 12.4. The molecule has 3 saturated carbocycles. The fourth-order valence-corrected chi connectivity index (χ4v) is 10.6. The number of rotatable bonds is 23. The summed E-state index contributed by atoms with van der Waals surface area (Å²) in [4.78, 5) is 59.3. The van der Waals surface area contributed by atoms with E-state index in [1.807, 2.05) is 18.2 Å². The smallest absolute Gasteiger partial charge is 0.273 e. The molecule has 0 atom stereocenters. The number of Topliss-reactive ketones (excluding diaryl/α,β-unsaturated/α-hetero) is 3. The summed E-state index contributed by atoms with van der Waals surface area (Å²) < 4.78 is 0. The fourth-order valence-electron chi connectivity index (χ4n) is 10.6. The highest BCUT2D eigenvalue weighted by atomic mass is 16.6. The van der Waals surface area contributed by atoms with E-state index in [4.69, 9.17) is 5.73 Å². The summed E-state index contributed by atoms with van der Waals surface area (Å²) in [7, 11) is 0. The van der Waals surface area contributed by atoms with E-state index in [-0.39, 0.29) is 51.4 Å². The number of nitrogen functional groups attached to an aromatic ring is 1. The summed E-state index contributed by atoms with van der Waals surface area (Å²) in [6, 6.07) is 15.7. The number of nitrogens with two attached hydrogens (primary N) is 1. The number of hydrogen-bond donors (Lipinski definition) is 1. The Morgan fingerprint density at radius 1 is 0.427 bits per heavy atom. The first-order chi connectivity index (χ1) is 39.9. The first-order valence-electron chi connectivity index (χ1n) is 30.8. The molecule has 82 heavy (non-hydrogen) atoms. The Balaban J connectivity index is 0.000000265. The van der Waals surface area contributed by atoms with E-state index >= 15 is 0 Å². The van der Waals surface area contributed by atoms with Crippen molar-refractivity contribution < 1.29 is 24.2 Å². The molecular formula is C72H89N3O7. The average molecular weight is 1110 g/mol. The van der Waals surface area contributed by atoms with Crippen LogP contribution in [0.2, 0.25) is 0 Å². The molecule has 6 rings (SSSR count). The summed E-state index contributed by atoms with van der Waals surface area (Å²) >= 11 is 0. The van der Waals surface area contributed by atoms with Gasteiger partial charge in [0.2, 0.25) is 0 Å². The van der Waals surface area contributed by atoms with Gasteiger partial charge in [0.05, 0.1) is 9.85 Å². The average Bonchev–Trinajstić information content (AvgIpc) is 3.56. The molecule has 0 aromatic heterocycles. The second-order valence-corrected chi connectivity index (χ2v) is 22.1. The molecule has 3 aliphatic carbocycles. The van der Waals surface area contributed by atoms with Crippen LogP contribution >= 0.6 is 0 Å². The van der Waals surface area contributed by atoms with E-state index < -0.39 is 0 Å². The van der Waals surface area contributed by atoms with Crippen molar-refractivity contribution in [2.45, 2.75) is 233 Å². The molecule has 0 radical (unpaired) electrons. The zero-order valence-electron chi connectivity index (χ0n) is 49.6. The lowest BCUT2D eigenvalue weighted by atomic mass is 9.84. The van der Waals surface area contributed by atoms with E-state index in [2.05, 4.69) is 91.8 Å². The molecule has 3 fully saturated rings. The largest absolute Gasteiger partial charge is 0.398 e. The third-order valence-electron chi connectivity index (χ3n) is 15.5. The molecule has 10 nitrogen and oxygen atoms in total. The summed E-state index contributed by atoms with van der Waals surface area (Å²) in [5.41, 5.74) is 11.3. The second-order valence-electron chi connectivity index (χ2n) is 22.1. The topological polar surface area (TPSA) is 164 Å². The molecule has 0 saturated heterocycles. The number of benzene rings is 3. The third kappa shape index (κ3) is 26.9. The number of carbonyl (C=O) groups is 3. The maximum Gasteiger partial charge on any atom is 0.273 e. The van der Waals surface area contributed by atoms with Crippen LogP contribution < -0.4 is 5.73 Å². The number of anilines is 1. The van der Waals surface area contributed by atoms with Gasteiger partial charge in [-0.1, -0.05) is 208 Å². The van der Waals surface area contributed by atoms with Crippen LogP contribution in [-0.4, -0.2) is 27.2 Å². The monoisotopic (exact) mass is 1110 g/mol. The molecule has 0 spiro atoms. The highest BCUT2D eigenvalue weighted by Crippen LogP contribution is 2.33. The Morgan fingerprint density at radius 2 is 0.707 bits per heavy atom. The van der Waals surface area contributed by atoms with Crippen LogP contribution in [0.4, 0.5) is 17.1 Å². The Labute approximate surface area is 491 Å². The van der Waals surface area contributed by atoms with Crippen molar-refractivity contribution in [3.05, 3.63) is 108 Å². The second kappa shape index (κ2) is 40.7. The van der Waals surface area contributed by atoms with Crippen LogP contribution in [0, 0.1) is 109 Å². The predicted octanol–water partition coefficient (Wildman–Crippen LogP) is 17.3. The van der Waals surface area contributed by atoms with Gasteiger partial charge in [0.1, 0.15) is 0 Å². The Kier molecular flexibility index (Phi) is 33.4. The first kappa shape index (κ1) is 67.1. The molecule has 0 bridgehead atoms. The number of carbonyl (C=O) groups excluding carboxylic acids is 3. The summed E-state index contributed by atoms with van der Waals surface area (Å²) in [6.07, 6.45) is 32.6.